The van der Waals surface area contributed by atoms with Crippen molar-refractivity contribution in [3.63, 3.8) is 0 Å². The van der Waals surface area contributed by atoms with Crippen molar-refractivity contribution in [3.8, 4) is 5.69 Å². The Morgan fingerprint density at radius 3 is 2.34 bits per heavy atom. The lowest BCUT2D eigenvalue weighted by Gasteiger charge is -2.19. The molecule has 4 N–H and O–H groups in total. The molecule has 2 aromatic carbocycles. The molecule has 0 aliphatic carbocycles. The van der Waals surface area contributed by atoms with Crippen molar-refractivity contribution in [1.29, 1.82) is 0 Å². The van der Waals surface area contributed by atoms with Gasteiger partial charge in [0.05, 0.1) is 24.1 Å². The van der Waals surface area contributed by atoms with Gasteiger partial charge in [-0.3, -0.25) is 14.7 Å². The Morgan fingerprint density at radius 2 is 1.71 bits per heavy atom. The number of carbonyl (C=O) groups excluding carboxylic acids is 1. The van der Waals surface area contributed by atoms with Gasteiger partial charge in [-0.15, -0.1) is 5.10 Å². The number of halogens is 2. The van der Waals surface area contributed by atoms with E-state index in [0.29, 0.717) is 21.3 Å². The molecule has 0 atom stereocenters. The number of aromatic nitrogens is 3. The summed E-state index contributed by atoms with van der Waals surface area (Å²) in [5.41, 5.74) is 8.75. The van der Waals surface area contributed by atoms with Gasteiger partial charge in [-0.2, -0.15) is 0 Å². The molecular formula is C24H20Cl2N6O3. The molecule has 9 nitrogen and oxygen atoms in total. The number of rotatable bonds is 7. The number of nitrogens with zero attached hydrogens (tertiary/aromatic N) is 4. The summed E-state index contributed by atoms with van der Waals surface area (Å²) in [6.45, 7) is 0.358. The minimum atomic E-state index is -1.05. The van der Waals surface area contributed by atoms with Gasteiger partial charge in [-0.1, -0.05) is 41.4 Å². The van der Waals surface area contributed by atoms with Crippen LogP contribution in [0.25, 0.3) is 5.69 Å². The molecule has 0 saturated heterocycles. The first kappa shape index (κ1) is 24.1. The van der Waals surface area contributed by atoms with Gasteiger partial charge >= 0.3 is 6.09 Å². The summed E-state index contributed by atoms with van der Waals surface area (Å²) in [6, 6.07) is 15.1. The van der Waals surface area contributed by atoms with E-state index in [-0.39, 0.29) is 24.6 Å². The maximum absolute atomic E-state index is 12.7. The predicted molar refractivity (Wildman–Crippen MR) is 134 cm³/mol. The molecule has 4 aromatic rings. The number of anilines is 2. The fraction of sp³-hybridized carbons (Fsp3) is 0.0833. The van der Waals surface area contributed by atoms with E-state index in [4.69, 9.17) is 28.9 Å². The lowest BCUT2D eigenvalue weighted by molar-refractivity contribution is 0.102. The second-order valence-corrected chi connectivity index (χ2v) is 8.53. The first-order chi connectivity index (χ1) is 16.8. The van der Waals surface area contributed by atoms with Crippen molar-refractivity contribution in [3.05, 3.63) is 99.9 Å². The van der Waals surface area contributed by atoms with E-state index in [1.165, 1.54) is 9.58 Å². The topological polar surface area (TPSA) is 126 Å². The molecular weight excluding hydrogens is 491 g/mol. The Bertz CT molecular complexity index is 1340. The summed E-state index contributed by atoms with van der Waals surface area (Å²) in [4.78, 5) is 29.7. The van der Waals surface area contributed by atoms with Gasteiger partial charge in [0.15, 0.2) is 5.82 Å². The quantitative estimate of drug-likeness (QED) is 0.317. The minimum absolute atomic E-state index is 0.158. The molecule has 11 heteroatoms. The molecule has 0 bridgehead atoms. The highest BCUT2D eigenvalue weighted by molar-refractivity contribution is 6.34. The smallest absolute Gasteiger partial charge is 0.407 e. The number of carbonyl (C=O) groups is 2. The van der Waals surface area contributed by atoms with Crippen LogP contribution in [0.5, 0.6) is 0 Å². The summed E-state index contributed by atoms with van der Waals surface area (Å²) in [5.74, 6) is -0.230. The van der Waals surface area contributed by atoms with Gasteiger partial charge in [0.1, 0.15) is 0 Å². The van der Waals surface area contributed by atoms with Gasteiger partial charge in [-0.25, -0.2) is 9.48 Å². The fourth-order valence-corrected chi connectivity index (χ4v) is 3.87. The molecule has 2 amide bonds. The summed E-state index contributed by atoms with van der Waals surface area (Å²) >= 11 is 12.1. The zero-order valence-corrected chi connectivity index (χ0v) is 19.7. The Balaban J connectivity index is 1.43. The van der Waals surface area contributed by atoms with Gasteiger partial charge in [-0.05, 0) is 47.5 Å². The average molecular weight is 511 g/mol. The highest BCUT2D eigenvalue weighted by Gasteiger charge is 2.16. The number of nitrogen functional groups attached to an aromatic ring is 1. The number of amides is 2. The molecule has 0 saturated carbocycles. The Kier molecular flexibility index (Phi) is 7.19. The summed E-state index contributed by atoms with van der Waals surface area (Å²) in [7, 11) is 0. The maximum atomic E-state index is 12.7. The number of pyridine rings is 1. The molecule has 0 aliphatic rings. The van der Waals surface area contributed by atoms with Crippen LogP contribution in [0.2, 0.25) is 10.0 Å². The SMILES string of the molecule is Nc1cn(-c2cc(Cl)cc(Cl)c2)nc1NC(=O)c1ccc(CN(Cc2cccnc2)C(=O)O)cc1. The molecule has 0 unspecified atom stereocenters. The van der Waals surface area contributed by atoms with Crippen LogP contribution < -0.4 is 11.1 Å². The standard InChI is InChI=1S/C24H20Cl2N6O3/c25-18-8-19(26)10-20(9-18)32-14-21(27)22(30-32)29-23(33)17-5-3-15(4-6-17)12-31(24(34)35)13-16-2-1-7-28-11-16/h1-11,14H,12-13,27H2,(H,34,35)(H,29,30,33). The fourth-order valence-electron chi connectivity index (χ4n) is 3.35. The van der Waals surface area contributed by atoms with Gasteiger partial charge in [0.2, 0.25) is 0 Å². The third-order valence-corrected chi connectivity index (χ3v) is 5.48. The zero-order valence-electron chi connectivity index (χ0n) is 18.2. The van der Waals surface area contributed by atoms with Crippen LogP contribution in [-0.2, 0) is 13.1 Å². The highest BCUT2D eigenvalue weighted by atomic mass is 35.5. The maximum Gasteiger partial charge on any atom is 0.407 e. The van der Waals surface area contributed by atoms with Crippen LogP contribution in [0.15, 0.2) is 73.2 Å². The molecule has 0 radical (unpaired) electrons. The van der Waals surface area contributed by atoms with Crippen molar-refractivity contribution < 1.29 is 14.7 Å². The van der Waals surface area contributed by atoms with Gasteiger partial charge in [0.25, 0.3) is 5.91 Å². The first-order valence-corrected chi connectivity index (χ1v) is 11.1. The van der Waals surface area contributed by atoms with Gasteiger partial charge < -0.3 is 16.2 Å². The van der Waals surface area contributed by atoms with Crippen LogP contribution in [0.3, 0.4) is 0 Å². The number of nitrogens with one attached hydrogen (secondary N) is 1. The molecule has 0 spiro atoms. The van der Waals surface area contributed by atoms with Crippen LogP contribution >= 0.6 is 23.2 Å². The Morgan fingerprint density at radius 1 is 1.03 bits per heavy atom. The van der Waals surface area contributed by atoms with E-state index < -0.39 is 12.0 Å². The van der Waals surface area contributed by atoms with Crippen molar-refractivity contribution in [2.45, 2.75) is 13.1 Å². The first-order valence-electron chi connectivity index (χ1n) is 10.4. The minimum Gasteiger partial charge on any atom is -0.465 e. The molecule has 178 valence electrons. The van der Waals surface area contributed by atoms with E-state index in [1.807, 2.05) is 6.07 Å². The Hall–Kier alpha value is -4.08. The molecule has 0 aliphatic heterocycles. The largest absolute Gasteiger partial charge is 0.465 e. The number of nitrogens with two attached hydrogens (primary N) is 1. The van der Waals surface area contributed by atoms with E-state index in [0.717, 1.165) is 11.1 Å². The Labute approximate surface area is 210 Å². The van der Waals surface area contributed by atoms with Crippen molar-refractivity contribution in [2.24, 2.45) is 0 Å². The number of hydrogen-bond donors (Lipinski definition) is 3. The van der Waals surface area contributed by atoms with Crippen molar-refractivity contribution in [2.75, 3.05) is 11.1 Å². The van der Waals surface area contributed by atoms with Crippen LogP contribution in [0, 0.1) is 0 Å². The molecule has 2 aromatic heterocycles. The second-order valence-electron chi connectivity index (χ2n) is 7.66. The summed E-state index contributed by atoms with van der Waals surface area (Å²) in [5, 5.41) is 17.4. The van der Waals surface area contributed by atoms with E-state index in [1.54, 1.807) is 67.1 Å². The second kappa shape index (κ2) is 10.5. The van der Waals surface area contributed by atoms with E-state index in [9.17, 15) is 14.7 Å². The number of benzene rings is 2. The normalized spacial score (nSPS) is 10.7. The van der Waals surface area contributed by atoms with Crippen LogP contribution in [0.4, 0.5) is 16.3 Å². The lowest BCUT2D eigenvalue weighted by Crippen LogP contribution is -2.28. The van der Waals surface area contributed by atoms with E-state index in [2.05, 4.69) is 15.4 Å². The lowest BCUT2D eigenvalue weighted by atomic mass is 10.1. The zero-order chi connectivity index (χ0) is 24.9. The third-order valence-electron chi connectivity index (χ3n) is 5.04. The molecule has 35 heavy (non-hydrogen) atoms. The van der Waals surface area contributed by atoms with Crippen molar-refractivity contribution >= 4 is 46.7 Å². The average Bonchev–Trinajstić information content (AvgIpc) is 3.19. The van der Waals surface area contributed by atoms with E-state index >= 15 is 0 Å². The summed E-state index contributed by atoms with van der Waals surface area (Å²) < 4.78 is 1.47. The number of carboxylic acid groups (broad SMARTS) is 1. The van der Waals surface area contributed by atoms with Crippen LogP contribution in [-0.4, -0.2) is 36.8 Å². The van der Waals surface area contributed by atoms with Crippen molar-refractivity contribution in [1.82, 2.24) is 19.7 Å². The highest BCUT2D eigenvalue weighted by Crippen LogP contribution is 2.25. The molecule has 4 rings (SSSR count). The summed E-state index contributed by atoms with van der Waals surface area (Å²) in [6.07, 6.45) is 3.74. The predicted octanol–water partition coefficient (Wildman–Crippen LogP) is 5.09. The number of hydrogen-bond acceptors (Lipinski definition) is 5. The molecule has 0 fully saturated rings. The monoisotopic (exact) mass is 510 g/mol. The molecule has 2 heterocycles. The van der Waals surface area contributed by atoms with Crippen LogP contribution in [0.1, 0.15) is 21.5 Å². The van der Waals surface area contributed by atoms with Gasteiger partial charge in [0, 0.05) is 34.5 Å². The third kappa shape index (κ3) is 6.08.